The van der Waals surface area contributed by atoms with E-state index in [1.807, 2.05) is 0 Å². The number of rotatable bonds is 5. The first-order valence-electron chi connectivity index (χ1n) is 9.23. The van der Waals surface area contributed by atoms with E-state index >= 15 is 0 Å². The van der Waals surface area contributed by atoms with Crippen molar-refractivity contribution < 1.29 is 31.3 Å². The molecule has 1 fully saturated rings. The van der Waals surface area contributed by atoms with Crippen molar-refractivity contribution in [2.24, 2.45) is 0 Å². The number of sulfonamides is 1. The fourth-order valence-corrected chi connectivity index (χ4v) is 4.93. The van der Waals surface area contributed by atoms with E-state index in [1.165, 1.54) is 28.6 Å². The number of benzene rings is 2. The molecular formula is C19H19Cl2F3N3O3S+. The van der Waals surface area contributed by atoms with Gasteiger partial charge in [-0.3, -0.25) is 4.79 Å². The lowest BCUT2D eigenvalue weighted by Gasteiger charge is -2.31. The highest BCUT2D eigenvalue weighted by molar-refractivity contribution is 7.89. The second-order valence-corrected chi connectivity index (χ2v) is 9.81. The van der Waals surface area contributed by atoms with Crippen LogP contribution >= 0.6 is 23.2 Å². The van der Waals surface area contributed by atoms with E-state index in [0.717, 1.165) is 23.1 Å². The molecule has 2 aromatic carbocycles. The van der Waals surface area contributed by atoms with Crippen molar-refractivity contribution in [1.82, 2.24) is 4.31 Å². The molecular weight excluding hydrogens is 478 g/mol. The zero-order valence-corrected chi connectivity index (χ0v) is 18.4. The highest BCUT2D eigenvalue weighted by Crippen LogP contribution is 2.33. The zero-order chi connectivity index (χ0) is 22.8. The molecule has 0 aliphatic carbocycles. The molecule has 1 aliphatic heterocycles. The van der Waals surface area contributed by atoms with Crippen molar-refractivity contribution in [2.45, 2.75) is 11.1 Å². The summed E-state index contributed by atoms with van der Waals surface area (Å²) < 4.78 is 65.3. The molecule has 0 aromatic heterocycles. The van der Waals surface area contributed by atoms with Crippen LogP contribution in [0.4, 0.5) is 18.9 Å². The highest BCUT2D eigenvalue weighted by Gasteiger charge is 2.32. The van der Waals surface area contributed by atoms with Crippen LogP contribution in [0.2, 0.25) is 10.0 Å². The average Bonchev–Trinajstić information content (AvgIpc) is 2.69. The van der Waals surface area contributed by atoms with E-state index in [1.54, 1.807) is 0 Å². The molecule has 1 aliphatic rings. The van der Waals surface area contributed by atoms with Gasteiger partial charge in [-0.15, -0.1) is 0 Å². The van der Waals surface area contributed by atoms with Crippen molar-refractivity contribution in [3.05, 3.63) is 58.1 Å². The summed E-state index contributed by atoms with van der Waals surface area (Å²) in [4.78, 5) is 13.3. The predicted molar refractivity (Wildman–Crippen MR) is 111 cm³/mol. The molecule has 0 unspecified atom stereocenters. The third-order valence-corrected chi connectivity index (χ3v) is 7.35. The number of anilines is 1. The number of hydrogen-bond donors (Lipinski definition) is 2. The van der Waals surface area contributed by atoms with Crippen molar-refractivity contribution >= 4 is 44.8 Å². The number of nitrogens with zero attached hydrogens (tertiary/aromatic N) is 1. The first-order valence-corrected chi connectivity index (χ1v) is 11.4. The topological polar surface area (TPSA) is 70.9 Å². The van der Waals surface area contributed by atoms with Crippen molar-refractivity contribution in [3.8, 4) is 0 Å². The van der Waals surface area contributed by atoms with Gasteiger partial charge in [0.15, 0.2) is 6.54 Å². The van der Waals surface area contributed by atoms with Crippen LogP contribution < -0.4 is 10.2 Å². The molecule has 168 valence electrons. The van der Waals surface area contributed by atoms with Crippen LogP contribution in [0.1, 0.15) is 5.56 Å². The summed E-state index contributed by atoms with van der Waals surface area (Å²) in [5, 5.41) is 2.83. The smallest absolute Gasteiger partial charge is 0.325 e. The molecule has 1 saturated heterocycles. The van der Waals surface area contributed by atoms with Gasteiger partial charge in [-0.2, -0.15) is 17.5 Å². The fraction of sp³-hybridized carbons (Fsp3) is 0.316. The Morgan fingerprint density at radius 1 is 1.06 bits per heavy atom. The Morgan fingerprint density at radius 2 is 1.68 bits per heavy atom. The van der Waals surface area contributed by atoms with E-state index < -0.39 is 27.7 Å². The maximum atomic E-state index is 12.9. The molecule has 2 N–H and O–H groups in total. The number of halogens is 5. The van der Waals surface area contributed by atoms with Crippen LogP contribution in [0.5, 0.6) is 0 Å². The average molecular weight is 497 g/mol. The van der Waals surface area contributed by atoms with Crippen LogP contribution in [0.3, 0.4) is 0 Å². The van der Waals surface area contributed by atoms with E-state index in [-0.39, 0.29) is 35.2 Å². The number of alkyl halides is 3. The second-order valence-electron chi connectivity index (χ2n) is 7.03. The Balaban J connectivity index is 1.58. The zero-order valence-electron chi connectivity index (χ0n) is 16.0. The number of hydrogen-bond acceptors (Lipinski definition) is 3. The third kappa shape index (κ3) is 5.89. The van der Waals surface area contributed by atoms with Crippen LogP contribution in [0.25, 0.3) is 0 Å². The minimum atomic E-state index is -4.55. The van der Waals surface area contributed by atoms with Gasteiger partial charge in [0.05, 0.1) is 47.3 Å². The monoisotopic (exact) mass is 496 g/mol. The summed E-state index contributed by atoms with van der Waals surface area (Å²) in [6.07, 6.45) is -4.55. The summed E-state index contributed by atoms with van der Waals surface area (Å²) >= 11 is 11.7. The summed E-state index contributed by atoms with van der Waals surface area (Å²) in [6.45, 7) is 1.13. The lowest BCUT2D eigenvalue weighted by atomic mass is 10.2. The molecule has 1 amide bonds. The van der Waals surface area contributed by atoms with Gasteiger partial charge in [0.1, 0.15) is 0 Å². The number of amides is 1. The normalized spacial score (nSPS) is 16.3. The molecule has 0 saturated carbocycles. The van der Waals surface area contributed by atoms with E-state index in [9.17, 15) is 26.4 Å². The molecule has 1 heterocycles. The number of carbonyl (C=O) groups is 1. The van der Waals surface area contributed by atoms with Gasteiger partial charge in [-0.1, -0.05) is 23.2 Å². The van der Waals surface area contributed by atoms with Crippen LogP contribution in [0, 0.1) is 0 Å². The lowest BCUT2D eigenvalue weighted by Crippen LogP contribution is -3.15. The Morgan fingerprint density at radius 3 is 2.26 bits per heavy atom. The van der Waals surface area contributed by atoms with Gasteiger partial charge in [0, 0.05) is 5.02 Å². The number of piperazine rings is 1. The maximum absolute atomic E-state index is 12.9. The lowest BCUT2D eigenvalue weighted by molar-refractivity contribution is -0.895. The molecule has 6 nitrogen and oxygen atoms in total. The van der Waals surface area contributed by atoms with E-state index in [0.29, 0.717) is 18.1 Å². The minimum Gasteiger partial charge on any atom is -0.325 e. The first kappa shape index (κ1) is 23.8. The van der Waals surface area contributed by atoms with Gasteiger partial charge in [0.2, 0.25) is 10.0 Å². The molecule has 0 radical (unpaired) electrons. The van der Waals surface area contributed by atoms with Crippen LogP contribution in [0.15, 0.2) is 47.4 Å². The number of carbonyl (C=O) groups excluding carboxylic acids is 1. The van der Waals surface area contributed by atoms with Gasteiger partial charge < -0.3 is 10.2 Å². The molecule has 0 spiro atoms. The SMILES string of the molecule is O=C(C[NH+]1CCN(S(=O)(=O)c2ccc(Cl)cc2)CC1)Nc1cc(C(F)(F)F)ccc1Cl. The van der Waals surface area contributed by atoms with Crippen molar-refractivity contribution in [3.63, 3.8) is 0 Å². The minimum absolute atomic E-state index is 0.00442. The highest BCUT2D eigenvalue weighted by atomic mass is 35.5. The summed E-state index contributed by atoms with van der Waals surface area (Å²) in [7, 11) is -3.67. The Bertz CT molecular complexity index is 1060. The molecule has 31 heavy (non-hydrogen) atoms. The van der Waals surface area contributed by atoms with E-state index in [4.69, 9.17) is 23.2 Å². The first-order chi connectivity index (χ1) is 14.5. The van der Waals surface area contributed by atoms with Gasteiger partial charge in [-0.25, -0.2) is 8.42 Å². The van der Waals surface area contributed by atoms with Crippen molar-refractivity contribution in [2.75, 3.05) is 38.0 Å². The summed E-state index contributed by atoms with van der Waals surface area (Å²) in [5.74, 6) is -0.509. The third-order valence-electron chi connectivity index (χ3n) is 4.86. The predicted octanol–water partition coefficient (Wildman–Crippen LogP) is 2.54. The van der Waals surface area contributed by atoms with Crippen LogP contribution in [-0.4, -0.2) is 51.4 Å². The molecule has 3 rings (SSSR count). The fourth-order valence-electron chi connectivity index (χ4n) is 3.19. The van der Waals surface area contributed by atoms with E-state index in [2.05, 4.69) is 5.32 Å². The second kappa shape index (κ2) is 9.33. The van der Waals surface area contributed by atoms with Gasteiger partial charge >= 0.3 is 6.18 Å². The number of nitrogens with one attached hydrogen (secondary N) is 2. The van der Waals surface area contributed by atoms with Crippen LogP contribution in [-0.2, 0) is 21.0 Å². The van der Waals surface area contributed by atoms with Gasteiger partial charge in [0.25, 0.3) is 5.91 Å². The van der Waals surface area contributed by atoms with Gasteiger partial charge in [-0.05, 0) is 42.5 Å². The molecule has 0 atom stereocenters. The number of quaternary nitrogens is 1. The summed E-state index contributed by atoms with van der Waals surface area (Å²) in [5.41, 5.74) is -1.04. The van der Waals surface area contributed by atoms with Crippen molar-refractivity contribution in [1.29, 1.82) is 0 Å². The maximum Gasteiger partial charge on any atom is 0.416 e. The largest absolute Gasteiger partial charge is 0.416 e. The molecule has 12 heteroatoms. The standard InChI is InChI=1S/C19H18Cl2F3N3O3S/c20-14-2-4-15(5-3-14)31(29,30)27-9-7-26(8-10-27)12-18(28)25-17-11-13(19(22,23)24)1-6-16(17)21/h1-6,11H,7-10,12H2,(H,25,28)/p+1. The summed E-state index contributed by atoms with van der Waals surface area (Å²) in [6, 6.07) is 8.56. The Kier molecular flexibility index (Phi) is 7.17. The quantitative estimate of drug-likeness (QED) is 0.668. The molecule has 2 aromatic rings. The Labute approximate surface area is 187 Å². The Hall–Kier alpha value is -1.85. The molecule has 0 bridgehead atoms.